The third-order valence-electron chi connectivity index (χ3n) is 5.86. The summed E-state index contributed by atoms with van der Waals surface area (Å²) >= 11 is 12.7. The van der Waals surface area contributed by atoms with Crippen molar-refractivity contribution in [2.75, 3.05) is 5.32 Å². The van der Waals surface area contributed by atoms with E-state index in [4.69, 9.17) is 28.2 Å². The number of para-hydroxylation sites is 1. The summed E-state index contributed by atoms with van der Waals surface area (Å²) in [5.74, 6) is 0.0425. The van der Waals surface area contributed by atoms with Crippen molar-refractivity contribution < 1.29 is 9.59 Å². The summed E-state index contributed by atoms with van der Waals surface area (Å²) in [5, 5.41) is 18.0. The molecule has 0 saturated carbocycles. The van der Waals surface area contributed by atoms with E-state index in [9.17, 15) is 9.59 Å². The lowest BCUT2D eigenvalue weighted by Crippen LogP contribution is -2.27. The number of fused-ring (bicyclic) bond motifs is 4. The summed E-state index contributed by atoms with van der Waals surface area (Å²) in [4.78, 5) is 33.2. The lowest BCUT2D eigenvalue weighted by Gasteiger charge is -2.14. The molecule has 3 N–H and O–H groups in total. The van der Waals surface area contributed by atoms with Crippen molar-refractivity contribution in [3.05, 3.63) is 88.6 Å². The molecule has 0 saturated heterocycles. The van der Waals surface area contributed by atoms with Gasteiger partial charge in [0.05, 0.1) is 17.4 Å². The Morgan fingerprint density at radius 3 is 2.87 bits per heavy atom. The molecule has 12 heteroatoms. The normalized spacial score (nSPS) is 15.7. The highest BCUT2D eigenvalue weighted by Crippen LogP contribution is 2.33. The SMILES string of the molecule is O=C(C=Cc1cc(Cl)ccc1-n1cnnn1)NC1CC=CCCC(=O)Nc2ccccc2-c2nc1[nH]c2Cl. The Hall–Kier alpha value is -4.28. The van der Waals surface area contributed by atoms with E-state index in [1.54, 1.807) is 30.3 Å². The van der Waals surface area contributed by atoms with Gasteiger partial charge in [0.1, 0.15) is 23.0 Å². The Kier molecular flexibility index (Phi) is 7.62. The number of rotatable bonds is 4. The number of benzene rings is 2. The molecule has 2 aromatic carbocycles. The maximum absolute atomic E-state index is 13.0. The maximum atomic E-state index is 13.0. The Morgan fingerprint density at radius 2 is 2.03 bits per heavy atom. The van der Waals surface area contributed by atoms with Crippen LogP contribution in [0.5, 0.6) is 0 Å². The summed E-state index contributed by atoms with van der Waals surface area (Å²) in [6.07, 6.45) is 9.66. The van der Waals surface area contributed by atoms with Gasteiger partial charge in [-0.3, -0.25) is 9.59 Å². The number of H-pyrrole nitrogens is 1. The van der Waals surface area contributed by atoms with Crippen LogP contribution in [0.1, 0.15) is 36.7 Å². The number of anilines is 1. The monoisotopic (exact) mass is 548 g/mol. The molecule has 0 radical (unpaired) electrons. The van der Waals surface area contributed by atoms with Gasteiger partial charge in [0.15, 0.2) is 0 Å². The second-order valence-corrected chi connectivity index (χ2v) is 9.29. The molecule has 4 aromatic rings. The minimum atomic E-state index is -0.496. The fourth-order valence-corrected chi connectivity index (χ4v) is 4.47. The topological polar surface area (TPSA) is 130 Å². The van der Waals surface area contributed by atoms with Crippen LogP contribution < -0.4 is 10.6 Å². The molecule has 2 aromatic heterocycles. The highest BCUT2D eigenvalue weighted by Gasteiger charge is 2.21. The highest BCUT2D eigenvalue weighted by atomic mass is 35.5. The number of nitrogens with one attached hydrogen (secondary N) is 3. The third kappa shape index (κ3) is 5.82. The number of nitrogens with zero attached hydrogens (tertiary/aromatic N) is 5. The van der Waals surface area contributed by atoms with Crippen molar-refractivity contribution in [1.82, 2.24) is 35.5 Å². The number of allylic oxidation sites excluding steroid dienone is 1. The fourth-order valence-electron chi connectivity index (χ4n) is 4.05. The Bertz CT molecular complexity index is 1530. The first-order valence-electron chi connectivity index (χ1n) is 11.8. The van der Waals surface area contributed by atoms with Crippen molar-refractivity contribution in [3.63, 3.8) is 0 Å². The molecule has 38 heavy (non-hydrogen) atoms. The first-order valence-corrected chi connectivity index (χ1v) is 12.5. The van der Waals surface area contributed by atoms with Crippen LogP contribution in [-0.2, 0) is 9.59 Å². The molecule has 1 aliphatic rings. The summed E-state index contributed by atoms with van der Waals surface area (Å²) in [7, 11) is 0. The average molecular weight is 549 g/mol. The average Bonchev–Trinajstić information content (AvgIpc) is 3.57. The number of halogens is 2. The molecular formula is C26H22Cl2N8O2. The number of hydrogen-bond donors (Lipinski definition) is 3. The van der Waals surface area contributed by atoms with Gasteiger partial charge in [-0.1, -0.05) is 53.6 Å². The second-order valence-electron chi connectivity index (χ2n) is 8.48. The molecule has 0 fully saturated rings. The number of carbonyl (C=O) groups excluding carboxylic acids is 2. The van der Waals surface area contributed by atoms with E-state index in [-0.39, 0.29) is 11.8 Å². The summed E-state index contributed by atoms with van der Waals surface area (Å²) in [5.41, 5.74) is 3.11. The quantitative estimate of drug-likeness (QED) is 0.245. The van der Waals surface area contributed by atoms with Crippen LogP contribution in [0.3, 0.4) is 0 Å². The highest BCUT2D eigenvalue weighted by molar-refractivity contribution is 6.32. The van der Waals surface area contributed by atoms with Gasteiger partial charge in [-0.15, -0.1) is 5.10 Å². The van der Waals surface area contributed by atoms with Crippen molar-refractivity contribution in [1.29, 1.82) is 0 Å². The number of carbonyl (C=O) groups is 2. The van der Waals surface area contributed by atoms with Crippen molar-refractivity contribution in [3.8, 4) is 16.9 Å². The van der Waals surface area contributed by atoms with Crippen LogP contribution in [0.25, 0.3) is 23.0 Å². The van der Waals surface area contributed by atoms with E-state index in [1.165, 1.54) is 17.1 Å². The van der Waals surface area contributed by atoms with Gasteiger partial charge in [0.25, 0.3) is 0 Å². The molecule has 3 heterocycles. The van der Waals surface area contributed by atoms with E-state index >= 15 is 0 Å². The van der Waals surface area contributed by atoms with E-state index in [0.717, 1.165) is 0 Å². The van der Waals surface area contributed by atoms with Crippen molar-refractivity contribution >= 4 is 46.8 Å². The lowest BCUT2D eigenvalue weighted by atomic mass is 10.1. The summed E-state index contributed by atoms with van der Waals surface area (Å²) < 4.78 is 1.48. The van der Waals surface area contributed by atoms with E-state index in [0.29, 0.717) is 63.5 Å². The smallest absolute Gasteiger partial charge is 0.244 e. The van der Waals surface area contributed by atoms with Crippen LogP contribution in [0.15, 0.2) is 67.0 Å². The van der Waals surface area contributed by atoms with Gasteiger partial charge in [0, 0.05) is 28.6 Å². The van der Waals surface area contributed by atoms with E-state index in [1.807, 2.05) is 30.4 Å². The van der Waals surface area contributed by atoms with Gasteiger partial charge in [-0.05, 0) is 53.6 Å². The second kappa shape index (κ2) is 11.4. The van der Waals surface area contributed by atoms with Crippen LogP contribution in [0.4, 0.5) is 5.69 Å². The van der Waals surface area contributed by atoms with Gasteiger partial charge in [-0.2, -0.15) is 4.68 Å². The molecule has 1 aliphatic heterocycles. The molecule has 1 atom stereocenters. The number of imidazole rings is 1. The Morgan fingerprint density at radius 1 is 1.16 bits per heavy atom. The summed E-state index contributed by atoms with van der Waals surface area (Å²) in [6.45, 7) is 0. The molecule has 1 unspecified atom stereocenters. The predicted octanol–water partition coefficient (Wildman–Crippen LogP) is 4.91. The standard InChI is InChI=1S/C26H22Cl2N8O2/c27-17-11-12-21(36-15-29-34-35-36)16(14-17)10-13-23(38)31-20-8-2-1-3-9-22(37)30-19-7-5-4-6-18(19)24-25(28)33-26(20)32-24/h1-2,4-7,10-15,20H,3,8-9H2,(H,30,37)(H,31,38)(H,32,33). The minimum Gasteiger partial charge on any atom is -0.342 e. The molecule has 2 bridgehead atoms. The molecule has 0 spiro atoms. The fraction of sp³-hybridized carbons (Fsp3) is 0.154. The number of amides is 2. The van der Waals surface area contributed by atoms with Crippen LogP contribution in [0, 0.1) is 0 Å². The zero-order chi connectivity index (χ0) is 26.5. The number of hydrogen-bond acceptors (Lipinski definition) is 6. The molecule has 2 amide bonds. The molecule has 10 nitrogen and oxygen atoms in total. The Balaban J connectivity index is 1.42. The van der Waals surface area contributed by atoms with Gasteiger partial charge >= 0.3 is 0 Å². The van der Waals surface area contributed by atoms with E-state index < -0.39 is 6.04 Å². The van der Waals surface area contributed by atoms with Crippen LogP contribution in [0.2, 0.25) is 10.2 Å². The maximum Gasteiger partial charge on any atom is 0.244 e. The number of aromatic amines is 1. The van der Waals surface area contributed by atoms with E-state index in [2.05, 4.69) is 31.1 Å². The first kappa shape index (κ1) is 25.4. The molecular weight excluding hydrogens is 527 g/mol. The molecule has 5 rings (SSSR count). The van der Waals surface area contributed by atoms with Gasteiger partial charge < -0.3 is 15.6 Å². The Labute approximate surface area is 227 Å². The number of aromatic nitrogens is 6. The van der Waals surface area contributed by atoms with Gasteiger partial charge in [0.2, 0.25) is 11.8 Å². The first-order chi connectivity index (χ1) is 18.5. The third-order valence-corrected chi connectivity index (χ3v) is 6.37. The van der Waals surface area contributed by atoms with Gasteiger partial charge in [-0.25, -0.2) is 4.98 Å². The predicted molar refractivity (Wildman–Crippen MR) is 145 cm³/mol. The zero-order valence-electron chi connectivity index (χ0n) is 19.9. The molecule has 0 aliphatic carbocycles. The zero-order valence-corrected chi connectivity index (χ0v) is 21.4. The van der Waals surface area contributed by atoms with Crippen LogP contribution >= 0.6 is 23.2 Å². The number of tetrazole rings is 1. The molecule has 192 valence electrons. The largest absolute Gasteiger partial charge is 0.342 e. The van der Waals surface area contributed by atoms with Crippen molar-refractivity contribution in [2.24, 2.45) is 0 Å². The minimum absolute atomic E-state index is 0.106. The lowest BCUT2D eigenvalue weighted by molar-refractivity contribution is -0.117. The van der Waals surface area contributed by atoms with Crippen LogP contribution in [-0.4, -0.2) is 42.0 Å². The summed E-state index contributed by atoms with van der Waals surface area (Å²) in [6, 6.07) is 12.0. The van der Waals surface area contributed by atoms with Crippen molar-refractivity contribution in [2.45, 2.75) is 25.3 Å².